The second-order valence-electron chi connectivity index (χ2n) is 6.86. The second-order valence-corrected chi connectivity index (χ2v) is 7.29. The lowest BCUT2D eigenvalue weighted by Gasteiger charge is -2.12. The van der Waals surface area contributed by atoms with Crippen molar-refractivity contribution in [2.24, 2.45) is 0 Å². The maximum absolute atomic E-state index is 13.8. The first-order valence-corrected chi connectivity index (χ1v) is 9.84. The summed E-state index contributed by atoms with van der Waals surface area (Å²) in [5.41, 5.74) is -0.703. The summed E-state index contributed by atoms with van der Waals surface area (Å²) in [6, 6.07) is 13.0. The largest absolute Gasteiger partial charge is 0.493 e. The molecule has 2 aromatic carbocycles. The number of carbonyl (C=O) groups is 1. The van der Waals surface area contributed by atoms with Crippen LogP contribution in [0.1, 0.15) is 16.2 Å². The Morgan fingerprint density at radius 3 is 2.45 bits per heavy atom. The standard InChI is InChI=1S/C22H16ClF3N4O3/c1-32-17-7-6-12(8-18(17)33-2)15-10-19(22(24,25)26)30-20(28-15)11-16(29-30)21(31)27-14-5-3-4-13(23)9-14/h3-11H,1-2H3,(H,27,31). The third kappa shape index (κ3) is 4.56. The minimum Gasteiger partial charge on any atom is -0.493 e. The molecule has 2 heterocycles. The molecule has 4 aromatic rings. The number of fused-ring (bicyclic) bond motifs is 1. The molecule has 0 atom stereocenters. The van der Waals surface area contributed by atoms with Crippen LogP contribution >= 0.6 is 11.6 Å². The minimum absolute atomic E-state index is 0.0254. The van der Waals surface area contributed by atoms with Gasteiger partial charge in [0.15, 0.2) is 28.5 Å². The molecule has 0 radical (unpaired) electrons. The van der Waals surface area contributed by atoms with E-state index >= 15 is 0 Å². The van der Waals surface area contributed by atoms with E-state index in [0.717, 1.165) is 6.07 Å². The molecule has 1 amide bonds. The second kappa shape index (κ2) is 8.62. The van der Waals surface area contributed by atoms with Gasteiger partial charge in [0.2, 0.25) is 0 Å². The van der Waals surface area contributed by atoms with Crippen molar-refractivity contribution in [2.45, 2.75) is 6.18 Å². The van der Waals surface area contributed by atoms with Crippen LogP contribution in [0.15, 0.2) is 54.6 Å². The molecule has 11 heteroatoms. The Labute approximate surface area is 190 Å². The summed E-state index contributed by atoms with van der Waals surface area (Å²) < 4.78 is 52.5. The van der Waals surface area contributed by atoms with Gasteiger partial charge in [0.25, 0.3) is 5.91 Å². The number of nitrogens with zero attached hydrogens (tertiary/aromatic N) is 3. The van der Waals surface area contributed by atoms with Crippen molar-refractivity contribution >= 4 is 28.8 Å². The lowest BCUT2D eigenvalue weighted by Crippen LogP contribution is -2.15. The maximum Gasteiger partial charge on any atom is 0.433 e. The van der Waals surface area contributed by atoms with Gasteiger partial charge in [-0.15, -0.1) is 0 Å². The maximum atomic E-state index is 13.8. The van der Waals surface area contributed by atoms with Crippen molar-refractivity contribution in [3.63, 3.8) is 0 Å². The van der Waals surface area contributed by atoms with Gasteiger partial charge in [-0.2, -0.15) is 18.3 Å². The molecule has 170 valence electrons. The van der Waals surface area contributed by atoms with E-state index in [4.69, 9.17) is 21.1 Å². The number of ether oxygens (including phenoxy) is 2. The fourth-order valence-electron chi connectivity index (χ4n) is 3.19. The van der Waals surface area contributed by atoms with Crippen LogP contribution in [0.5, 0.6) is 11.5 Å². The Kier molecular flexibility index (Phi) is 5.86. The van der Waals surface area contributed by atoms with E-state index in [2.05, 4.69) is 15.4 Å². The highest BCUT2D eigenvalue weighted by Crippen LogP contribution is 2.35. The number of alkyl halides is 3. The Morgan fingerprint density at radius 2 is 1.79 bits per heavy atom. The molecule has 33 heavy (non-hydrogen) atoms. The van der Waals surface area contributed by atoms with E-state index in [1.54, 1.807) is 30.3 Å². The van der Waals surface area contributed by atoms with Crippen LogP contribution in [-0.4, -0.2) is 34.7 Å². The van der Waals surface area contributed by atoms with Gasteiger partial charge in [-0.05, 0) is 42.5 Å². The highest BCUT2D eigenvalue weighted by molar-refractivity contribution is 6.30. The van der Waals surface area contributed by atoms with Gasteiger partial charge < -0.3 is 14.8 Å². The molecular weight excluding hydrogens is 461 g/mol. The summed E-state index contributed by atoms with van der Waals surface area (Å²) in [7, 11) is 2.87. The van der Waals surface area contributed by atoms with E-state index < -0.39 is 17.8 Å². The number of hydrogen-bond donors (Lipinski definition) is 1. The SMILES string of the molecule is COc1ccc(-c2cc(C(F)(F)F)n3nc(C(=O)Nc4cccc(Cl)c4)cc3n2)cc1OC. The van der Waals surface area contributed by atoms with Crippen molar-refractivity contribution in [2.75, 3.05) is 19.5 Å². The zero-order valence-electron chi connectivity index (χ0n) is 17.3. The number of amides is 1. The van der Waals surface area contributed by atoms with Gasteiger partial charge in [0.05, 0.1) is 19.9 Å². The molecule has 7 nitrogen and oxygen atoms in total. The highest BCUT2D eigenvalue weighted by atomic mass is 35.5. The predicted molar refractivity (Wildman–Crippen MR) is 116 cm³/mol. The number of halogens is 4. The van der Waals surface area contributed by atoms with Crippen molar-refractivity contribution in [3.05, 3.63) is 71.0 Å². The summed E-state index contributed by atoms with van der Waals surface area (Å²) in [4.78, 5) is 16.9. The number of methoxy groups -OCH3 is 2. The zero-order chi connectivity index (χ0) is 23.8. The van der Waals surface area contributed by atoms with E-state index in [-0.39, 0.29) is 17.0 Å². The lowest BCUT2D eigenvalue weighted by atomic mass is 10.1. The monoisotopic (exact) mass is 476 g/mol. The quantitative estimate of drug-likeness (QED) is 0.421. The van der Waals surface area contributed by atoms with Crippen LogP contribution in [0.4, 0.5) is 18.9 Å². The van der Waals surface area contributed by atoms with E-state index in [0.29, 0.717) is 32.3 Å². The molecular formula is C22H16ClF3N4O3. The molecule has 0 aliphatic carbocycles. The number of rotatable bonds is 5. The van der Waals surface area contributed by atoms with Crippen LogP contribution in [-0.2, 0) is 6.18 Å². The average molecular weight is 477 g/mol. The van der Waals surface area contributed by atoms with Gasteiger partial charge in [-0.25, -0.2) is 9.50 Å². The highest BCUT2D eigenvalue weighted by Gasteiger charge is 2.35. The molecule has 1 N–H and O–H groups in total. The molecule has 0 saturated heterocycles. The first-order chi connectivity index (χ1) is 15.7. The van der Waals surface area contributed by atoms with Gasteiger partial charge in [-0.1, -0.05) is 17.7 Å². The van der Waals surface area contributed by atoms with Gasteiger partial charge in [0, 0.05) is 22.3 Å². The van der Waals surface area contributed by atoms with Crippen molar-refractivity contribution < 1.29 is 27.4 Å². The third-order valence-electron chi connectivity index (χ3n) is 4.71. The fourth-order valence-corrected chi connectivity index (χ4v) is 3.38. The Hall–Kier alpha value is -3.79. The van der Waals surface area contributed by atoms with Crippen LogP contribution in [0, 0.1) is 0 Å². The molecule has 0 spiro atoms. The molecule has 4 rings (SSSR count). The minimum atomic E-state index is -4.75. The van der Waals surface area contributed by atoms with Crippen molar-refractivity contribution in [1.82, 2.24) is 14.6 Å². The van der Waals surface area contributed by atoms with Crippen LogP contribution in [0.25, 0.3) is 16.9 Å². The number of carbonyl (C=O) groups excluding carboxylic acids is 1. The number of nitrogens with one attached hydrogen (secondary N) is 1. The van der Waals surface area contributed by atoms with Gasteiger partial charge in [-0.3, -0.25) is 4.79 Å². The number of anilines is 1. The van der Waals surface area contributed by atoms with Crippen LogP contribution in [0.3, 0.4) is 0 Å². The summed E-state index contributed by atoms with van der Waals surface area (Å²) in [6.45, 7) is 0. The first kappa shape index (κ1) is 22.4. The molecule has 2 aromatic heterocycles. The third-order valence-corrected chi connectivity index (χ3v) is 4.95. The Balaban J connectivity index is 1.79. The Bertz CT molecular complexity index is 1350. The molecule has 0 bridgehead atoms. The van der Waals surface area contributed by atoms with Crippen LogP contribution < -0.4 is 14.8 Å². The molecule has 0 unspecified atom stereocenters. The number of benzene rings is 2. The van der Waals surface area contributed by atoms with Crippen LogP contribution in [0.2, 0.25) is 5.02 Å². The summed E-state index contributed by atoms with van der Waals surface area (Å²) in [5, 5.41) is 6.78. The normalized spacial score (nSPS) is 11.5. The molecule has 0 aliphatic heterocycles. The molecule has 0 aliphatic rings. The summed E-state index contributed by atoms with van der Waals surface area (Å²) >= 11 is 5.90. The summed E-state index contributed by atoms with van der Waals surface area (Å²) in [5.74, 6) is 0.0478. The lowest BCUT2D eigenvalue weighted by molar-refractivity contribution is -0.142. The first-order valence-electron chi connectivity index (χ1n) is 9.47. The van der Waals surface area contributed by atoms with E-state index in [1.807, 2.05) is 0 Å². The molecule has 0 fully saturated rings. The zero-order valence-corrected chi connectivity index (χ0v) is 18.0. The van der Waals surface area contributed by atoms with Crippen molar-refractivity contribution in [3.8, 4) is 22.8 Å². The van der Waals surface area contributed by atoms with E-state index in [1.165, 1.54) is 32.4 Å². The Morgan fingerprint density at radius 1 is 1.03 bits per heavy atom. The van der Waals surface area contributed by atoms with E-state index in [9.17, 15) is 18.0 Å². The summed E-state index contributed by atoms with van der Waals surface area (Å²) in [6.07, 6.45) is -4.75. The number of aromatic nitrogens is 3. The number of hydrogen-bond acceptors (Lipinski definition) is 5. The fraction of sp³-hybridized carbons (Fsp3) is 0.136. The topological polar surface area (TPSA) is 77.8 Å². The van der Waals surface area contributed by atoms with Crippen molar-refractivity contribution in [1.29, 1.82) is 0 Å². The predicted octanol–water partition coefficient (Wildman–Crippen LogP) is 5.34. The molecule has 0 saturated carbocycles. The average Bonchev–Trinajstić information content (AvgIpc) is 3.21. The van der Waals surface area contributed by atoms with Gasteiger partial charge in [0.1, 0.15) is 0 Å². The smallest absolute Gasteiger partial charge is 0.433 e. The van der Waals surface area contributed by atoms with Gasteiger partial charge >= 0.3 is 6.18 Å².